The fourth-order valence-electron chi connectivity index (χ4n) is 5.97. The lowest BCUT2D eigenvalue weighted by molar-refractivity contribution is -0.953. The summed E-state index contributed by atoms with van der Waals surface area (Å²) in [5.41, 5.74) is 3.65. The number of fused-ring (bicyclic) bond motifs is 1. The number of anilines is 1. The second kappa shape index (κ2) is 8.87. The molecule has 156 valence electrons. The van der Waals surface area contributed by atoms with Crippen molar-refractivity contribution in [3.8, 4) is 0 Å². The predicted octanol–water partition coefficient (Wildman–Crippen LogP) is 5.60. The summed E-state index contributed by atoms with van der Waals surface area (Å²) in [5, 5.41) is 0. The van der Waals surface area contributed by atoms with Crippen LogP contribution in [0.2, 0.25) is 0 Å². The Morgan fingerprint density at radius 3 is 2.24 bits per heavy atom. The number of piperidine rings is 1. The average Bonchev–Trinajstić information content (AvgIpc) is 3.19. The van der Waals surface area contributed by atoms with E-state index in [-0.39, 0.29) is 5.82 Å². The smallest absolute Gasteiger partial charge is 0.146 e. The van der Waals surface area contributed by atoms with Gasteiger partial charge in [0.2, 0.25) is 0 Å². The number of para-hydroxylation sites is 1. The van der Waals surface area contributed by atoms with Crippen molar-refractivity contribution >= 4 is 5.69 Å². The van der Waals surface area contributed by atoms with Crippen molar-refractivity contribution in [2.75, 3.05) is 31.1 Å². The van der Waals surface area contributed by atoms with E-state index in [1.165, 1.54) is 54.5 Å². The molecule has 2 nitrogen and oxygen atoms in total. The van der Waals surface area contributed by atoms with E-state index in [0.29, 0.717) is 12.1 Å². The molecule has 0 spiro atoms. The maximum Gasteiger partial charge on any atom is 0.146 e. The van der Waals surface area contributed by atoms with Gasteiger partial charge in [-0.2, -0.15) is 0 Å². The molecule has 1 fully saturated rings. The Labute approximate surface area is 175 Å². The van der Waals surface area contributed by atoms with Crippen LogP contribution in [0.3, 0.4) is 0 Å². The second-order valence-corrected chi connectivity index (χ2v) is 8.99. The number of halogens is 1. The van der Waals surface area contributed by atoms with Gasteiger partial charge in [-0.15, -0.1) is 0 Å². The third kappa shape index (κ3) is 4.07. The number of hydrogen-bond acceptors (Lipinski definition) is 1. The molecule has 29 heavy (non-hydrogen) atoms. The van der Waals surface area contributed by atoms with Crippen LogP contribution in [0.5, 0.6) is 0 Å². The van der Waals surface area contributed by atoms with Crippen molar-refractivity contribution in [3.05, 3.63) is 65.5 Å². The molecule has 1 aliphatic heterocycles. The fourth-order valence-corrected chi connectivity index (χ4v) is 5.97. The molecule has 0 bridgehead atoms. The van der Waals surface area contributed by atoms with Gasteiger partial charge in [-0.3, -0.25) is 0 Å². The molecule has 0 saturated carbocycles. The van der Waals surface area contributed by atoms with Gasteiger partial charge in [0, 0.05) is 19.0 Å². The summed E-state index contributed by atoms with van der Waals surface area (Å²) in [6.07, 6.45) is 7.22. The average molecular weight is 396 g/mol. The van der Waals surface area contributed by atoms with Crippen molar-refractivity contribution in [2.24, 2.45) is 0 Å². The number of hydrogen-bond donors (Lipinski definition) is 0. The van der Waals surface area contributed by atoms with Crippen LogP contribution in [0.15, 0.2) is 48.5 Å². The highest BCUT2D eigenvalue weighted by Gasteiger charge is 2.37. The Morgan fingerprint density at radius 1 is 0.931 bits per heavy atom. The molecule has 4 rings (SSSR count). The molecule has 0 radical (unpaired) electrons. The number of likely N-dealkylation sites (tertiary alicyclic amines) is 1. The van der Waals surface area contributed by atoms with Gasteiger partial charge in [0.1, 0.15) is 5.82 Å². The summed E-state index contributed by atoms with van der Waals surface area (Å²) in [4.78, 5) is 2.39. The lowest BCUT2D eigenvalue weighted by Gasteiger charge is -2.47. The SMILES string of the molecule is CC[N+]1(CC)CCCCC1CCN(c1ccccc1F)C1Cc2ccccc2C1. The van der Waals surface area contributed by atoms with E-state index >= 15 is 0 Å². The molecule has 2 aliphatic rings. The van der Waals surface area contributed by atoms with E-state index in [9.17, 15) is 4.39 Å². The quantitative estimate of drug-likeness (QED) is 0.552. The fraction of sp³-hybridized carbons (Fsp3) is 0.538. The molecular formula is C26H36FN2+. The summed E-state index contributed by atoms with van der Waals surface area (Å²) >= 11 is 0. The first-order chi connectivity index (χ1) is 14.2. The highest BCUT2D eigenvalue weighted by Crippen LogP contribution is 2.33. The summed E-state index contributed by atoms with van der Waals surface area (Å²) in [6, 6.07) is 17.2. The highest BCUT2D eigenvalue weighted by molar-refractivity contribution is 5.51. The van der Waals surface area contributed by atoms with Crippen molar-refractivity contribution < 1.29 is 8.87 Å². The number of benzene rings is 2. The molecule has 1 unspecified atom stereocenters. The normalized spacial score (nSPS) is 21.1. The van der Waals surface area contributed by atoms with Crippen LogP contribution in [0.4, 0.5) is 10.1 Å². The largest absolute Gasteiger partial charge is 0.365 e. The lowest BCUT2D eigenvalue weighted by Crippen LogP contribution is -2.58. The first-order valence-electron chi connectivity index (χ1n) is 11.6. The Bertz CT molecular complexity index is 789. The standard InChI is InChI=1S/C26H36FN2/c1-3-29(4-2)18-10-9-13-24(29)16-17-28(26-15-8-7-14-25(26)27)23-19-21-11-5-6-12-22(21)20-23/h5-8,11-12,14-15,23-24H,3-4,9-10,13,16-20H2,1-2H3/q+1. The van der Waals surface area contributed by atoms with E-state index in [0.717, 1.165) is 31.5 Å². The zero-order valence-corrected chi connectivity index (χ0v) is 18.1. The van der Waals surface area contributed by atoms with Gasteiger partial charge in [-0.1, -0.05) is 36.4 Å². The van der Waals surface area contributed by atoms with Crippen LogP contribution in [0.1, 0.15) is 50.7 Å². The lowest BCUT2D eigenvalue weighted by atomic mass is 9.94. The molecule has 1 heterocycles. The molecule has 0 aromatic heterocycles. The molecule has 0 amide bonds. The van der Waals surface area contributed by atoms with Crippen molar-refractivity contribution in [2.45, 2.75) is 64.5 Å². The van der Waals surface area contributed by atoms with Gasteiger partial charge in [0.25, 0.3) is 0 Å². The minimum Gasteiger partial charge on any atom is -0.365 e. The number of rotatable bonds is 7. The topological polar surface area (TPSA) is 3.24 Å². The highest BCUT2D eigenvalue weighted by atomic mass is 19.1. The van der Waals surface area contributed by atoms with Gasteiger partial charge in [-0.05, 0) is 69.2 Å². The van der Waals surface area contributed by atoms with E-state index in [4.69, 9.17) is 0 Å². The molecule has 1 aliphatic carbocycles. The molecule has 3 heteroatoms. The molecule has 1 atom stereocenters. The van der Waals surface area contributed by atoms with E-state index < -0.39 is 0 Å². The summed E-state index contributed by atoms with van der Waals surface area (Å²) < 4.78 is 16.1. The Kier molecular flexibility index (Phi) is 6.24. The zero-order chi connectivity index (χ0) is 20.3. The van der Waals surface area contributed by atoms with Gasteiger partial charge in [0.05, 0.1) is 31.4 Å². The van der Waals surface area contributed by atoms with E-state index in [1.54, 1.807) is 12.1 Å². The van der Waals surface area contributed by atoms with E-state index in [2.05, 4.69) is 43.0 Å². The second-order valence-electron chi connectivity index (χ2n) is 8.99. The third-order valence-corrected chi connectivity index (χ3v) is 7.76. The van der Waals surface area contributed by atoms with Crippen LogP contribution < -0.4 is 4.90 Å². The summed E-state index contributed by atoms with van der Waals surface area (Å²) in [5.74, 6) is -0.0844. The third-order valence-electron chi connectivity index (χ3n) is 7.76. The maximum atomic E-state index is 14.8. The summed E-state index contributed by atoms with van der Waals surface area (Å²) in [6.45, 7) is 9.40. The van der Waals surface area contributed by atoms with Crippen molar-refractivity contribution in [1.82, 2.24) is 0 Å². The van der Waals surface area contributed by atoms with Crippen LogP contribution >= 0.6 is 0 Å². The molecule has 2 aromatic carbocycles. The first-order valence-corrected chi connectivity index (χ1v) is 11.6. The van der Waals surface area contributed by atoms with Crippen LogP contribution in [0.25, 0.3) is 0 Å². The number of quaternary nitrogens is 1. The Balaban J connectivity index is 1.56. The zero-order valence-electron chi connectivity index (χ0n) is 18.1. The number of nitrogens with zero attached hydrogens (tertiary/aromatic N) is 2. The van der Waals surface area contributed by atoms with Crippen LogP contribution in [0, 0.1) is 5.82 Å². The predicted molar refractivity (Wildman–Crippen MR) is 120 cm³/mol. The Morgan fingerprint density at radius 2 is 1.59 bits per heavy atom. The monoisotopic (exact) mass is 395 g/mol. The minimum absolute atomic E-state index is 0.0844. The molecule has 2 aromatic rings. The molecule has 1 saturated heterocycles. The van der Waals surface area contributed by atoms with Gasteiger partial charge >= 0.3 is 0 Å². The van der Waals surface area contributed by atoms with Gasteiger partial charge in [0.15, 0.2) is 0 Å². The Hall–Kier alpha value is -1.87. The van der Waals surface area contributed by atoms with Crippen molar-refractivity contribution in [3.63, 3.8) is 0 Å². The molecule has 0 N–H and O–H groups in total. The van der Waals surface area contributed by atoms with Gasteiger partial charge in [-0.25, -0.2) is 4.39 Å². The minimum atomic E-state index is -0.0844. The molecular weight excluding hydrogens is 359 g/mol. The van der Waals surface area contributed by atoms with E-state index in [1.807, 2.05) is 12.1 Å². The van der Waals surface area contributed by atoms with Crippen LogP contribution in [-0.2, 0) is 12.8 Å². The first kappa shape index (κ1) is 20.4. The summed E-state index contributed by atoms with van der Waals surface area (Å²) in [7, 11) is 0. The van der Waals surface area contributed by atoms with Crippen molar-refractivity contribution in [1.29, 1.82) is 0 Å². The van der Waals surface area contributed by atoms with Crippen LogP contribution in [-0.4, -0.2) is 42.7 Å². The maximum absolute atomic E-state index is 14.8. The van der Waals surface area contributed by atoms with Gasteiger partial charge < -0.3 is 9.38 Å².